The van der Waals surface area contributed by atoms with Gasteiger partial charge in [-0.05, 0) is 11.1 Å². The van der Waals surface area contributed by atoms with Crippen LogP contribution in [0.15, 0.2) is 60.7 Å². The van der Waals surface area contributed by atoms with E-state index in [9.17, 15) is 0 Å². The quantitative estimate of drug-likeness (QED) is 0.888. The second-order valence-corrected chi connectivity index (χ2v) is 5.08. The van der Waals surface area contributed by atoms with Crippen molar-refractivity contribution < 1.29 is 4.74 Å². The summed E-state index contributed by atoms with van der Waals surface area (Å²) in [5.74, 6) is 0.613. The van der Waals surface area contributed by atoms with Gasteiger partial charge in [0.15, 0.2) is 5.90 Å². The number of halogens is 1. The first kappa shape index (κ1) is 14.6. The van der Waals surface area contributed by atoms with Gasteiger partial charge in [0.2, 0.25) is 0 Å². The lowest BCUT2D eigenvalue weighted by Crippen LogP contribution is -2.37. The molecule has 1 unspecified atom stereocenters. The molecular weight excluding hydrogens is 270 g/mol. The van der Waals surface area contributed by atoms with E-state index in [1.807, 2.05) is 36.4 Å². The van der Waals surface area contributed by atoms with Crippen LogP contribution in [0.2, 0.25) is 0 Å². The summed E-state index contributed by atoms with van der Waals surface area (Å²) in [4.78, 5) is 0. The molecule has 2 aromatic carbocycles. The highest BCUT2D eigenvalue weighted by Gasteiger charge is 2.50. The maximum Gasteiger partial charge on any atom is 0.196 e. The topological polar surface area (TPSA) is 33.1 Å². The third-order valence-corrected chi connectivity index (χ3v) is 4.03. The molecule has 1 fully saturated rings. The van der Waals surface area contributed by atoms with Crippen molar-refractivity contribution in [2.45, 2.75) is 12.3 Å². The van der Waals surface area contributed by atoms with Crippen LogP contribution in [0.1, 0.15) is 18.1 Å². The third kappa shape index (κ3) is 2.01. The van der Waals surface area contributed by atoms with Gasteiger partial charge in [-0.25, -0.2) is 0 Å². The largest absolute Gasteiger partial charge is 0.480 e. The molecule has 1 heterocycles. The summed E-state index contributed by atoms with van der Waals surface area (Å²) >= 11 is 0. The van der Waals surface area contributed by atoms with Crippen molar-refractivity contribution in [2.75, 3.05) is 6.61 Å². The van der Waals surface area contributed by atoms with E-state index < -0.39 is 5.41 Å². The molecular formula is C17H18ClNO. The van der Waals surface area contributed by atoms with E-state index >= 15 is 0 Å². The van der Waals surface area contributed by atoms with Gasteiger partial charge in [0.25, 0.3) is 0 Å². The summed E-state index contributed by atoms with van der Waals surface area (Å²) < 4.78 is 5.57. The average Bonchev–Trinajstić information content (AvgIpc) is 2.77. The summed E-state index contributed by atoms with van der Waals surface area (Å²) in [5.41, 5.74) is 1.83. The van der Waals surface area contributed by atoms with Crippen molar-refractivity contribution in [2.24, 2.45) is 5.92 Å². The Bertz CT molecular complexity index is 543. The van der Waals surface area contributed by atoms with Crippen molar-refractivity contribution >= 4 is 18.3 Å². The van der Waals surface area contributed by atoms with Crippen molar-refractivity contribution in [1.82, 2.24) is 0 Å². The van der Waals surface area contributed by atoms with Gasteiger partial charge in [-0.15, -0.1) is 12.4 Å². The van der Waals surface area contributed by atoms with Crippen LogP contribution in [0.3, 0.4) is 0 Å². The number of nitrogens with one attached hydrogen (secondary N) is 1. The molecule has 3 rings (SSSR count). The zero-order valence-corrected chi connectivity index (χ0v) is 12.2. The van der Waals surface area contributed by atoms with Crippen LogP contribution in [-0.2, 0) is 10.2 Å². The van der Waals surface area contributed by atoms with Crippen molar-refractivity contribution in [3.63, 3.8) is 0 Å². The van der Waals surface area contributed by atoms with Gasteiger partial charge in [0, 0.05) is 5.92 Å². The fourth-order valence-electron chi connectivity index (χ4n) is 3.07. The van der Waals surface area contributed by atoms with Crippen LogP contribution in [0.4, 0.5) is 0 Å². The predicted octanol–water partition coefficient (Wildman–Crippen LogP) is 4.04. The van der Waals surface area contributed by atoms with Crippen molar-refractivity contribution in [1.29, 1.82) is 5.41 Å². The molecule has 0 spiro atoms. The lowest BCUT2D eigenvalue weighted by Gasteiger charge is -2.32. The highest BCUT2D eigenvalue weighted by Crippen LogP contribution is 2.44. The summed E-state index contributed by atoms with van der Waals surface area (Å²) in [7, 11) is 0. The fraction of sp³-hybridized carbons (Fsp3) is 0.235. The Morgan fingerprint density at radius 2 is 1.40 bits per heavy atom. The van der Waals surface area contributed by atoms with Gasteiger partial charge in [0.05, 0.1) is 6.61 Å². The minimum Gasteiger partial charge on any atom is -0.480 e. The van der Waals surface area contributed by atoms with Crippen LogP contribution in [0.25, 0.3) is 0 Å². The maximum absolute atomic E-state index is 8.34. The Labute approximate surface area is 125 Å². The first-order valence-corrected chi connectivity index (χ1v) is 6.59. The fourth-order valence-corrected chi connectivity index (χ4v) is 3.07. The van der Waals surface area contributed by atoms with Crippen LogP contribution >= 0.6 is 12.4 Å². The molecule has 1 aliphatic heterocycles. The second-order valence-electron chi connectivity index (χ2n) is 5.08. The molecule has 2 aromatic rings. The number of hydrogen-bond acceptors (Lipinski definition) is 2. The number of ether oxygens (including phenoxy) is 1. The smallest absolute Gasteiger partial charge is 0.196 e. The molecule has 1 aliphatic rings. The number of rotatable bonds is 2. The zero-order chi connectivity index (χ0) is 13.3. The van der Waals surface area contributed by atoms with Crippen LogP contribution in [-0.4, -0.2) is 12.5 Å². The Balaban J connectivity index is 0.00000147. The van der Waals surface area contributed by atoms with E-state index in [0.717, 1.165) is 11.1 Å². The molecule has 20 heavy (non-hydrogen) atoms. The highest BCUT2D eigenvalue weighted by molar-refractivity contribution is 5.92. The molecule has 0 saturated carbocycles. The molecule has 0 amide bonds. The Morgan fingerprint density at radius 3 is 1.75 bits per heavy atom. The molecule has 1 atom stereocenters. The normalized spacial score (nSPS) is 20.1. The molecule has 0 bridgehead atoms. The molecule has 0 radical (unpaired) electrons. The van der Waals surface area contributed by atoms with E-state index in [-0.39, 0.29) is 18.3 Å². The van der Waals surface area contributed by atoms with Gasteiger partial charge < -0.3 is 4.74 Å². The minimum atomic E-state index is -0.442. The monoisotopic (exact) mass is 287 g/mol. The van der Waals surface area contributed by atoms with Gasteiger partial charge in [-0.3, -0.25) is 5.41 Å². The highest BCUT2D eigenvalue weighted by atomic mass is 35.5. The van der Waals surface area contributed by atoms with Gasteiger partial charge in [-0.1, -0.05) is 67.6 Å². The summed E-state index contributed by atoms with van der Waals surface area (Å²) in [6.07, 6.45) is 0. The van der Waals surface area contributed by atoms with Gasteiger partial charge in [-0.2, -0.15) is 0 Å². The lowest BCUT2D eigenvalue weighted by atomic mass is 9.68. The first-order valence-electron chi connectivity index (χ1n) is 6.59. The van der Waals surface area contributed by atoms with E-state index in [1.54, 1.807) is 0 Å². The second kappa shape index (κ2) is 5.68. The molecule has 1 saturated heterocycles. The maximum atomic E-state index is 8.34. The van der Waals surface area contributed by atoms with Crippen LogP contribution in [0.5, 0.6) is 0 Å². The lowest BCUT2D eigenvalue weighted by molar-refractivity contribution is 0.302. The Kier molecular flexibility index (Phi) is 4.15. The van der Waals surface area contributed by atoms with Crippen LogP contribution < -0.4 is 0 Å². The molecule has 104 valence electrons. The van der Waals surface area contributed by atoms with Crippen molar-refractivity contribution in [3.05, 3.63) is 71.8 Å². The SMILES string of the molecule is CC1COC(=N)C1(c1ccccc1)c1ccccc1.Cl. The standard InChI is InChI=1S/C17H17NO.ClH/c1-13-12-19-16(18)17(13,14-8-4-2-5-9-14)15-10-6-3-7-11-15;/h2-11,13,18H,12H2,1H3;1H. The first-order chi connectivity index (χ1) is 9.26. The summed E-state index contributed by atoms with van der Waals surface area (Å²) in [5, 5.41) is 8.34. The zero-order valence-electron chi connectivity index (χ0n) is 11.4. The van der Waals surface area contributed by atoms with E-state index in [1.165, 1.54) is 0 Å². The molecule has 0 aliphatic carbocycles. The van der Waals surface area contributed by atoms with E-state index in [2.05, 4.69) is 31.2 Å². The van der Waals surface area contributed by atoms with E-state index in [0.29, 0.717) is 12.5 Å². The molecule has 0 aromatic heterocycles. The Morgan fingerprint density at radius 1 is 0.950 bits per heavy atom. The van der Waals surface area contributed by atoms with E-state index in [4.69, 9.17) is 10.1 Å². The number of hydrogen-bond donors (Lipinski definition) is 1. The predicted molar refractivity (Wildman–Crippen MR) is 83.8 cm³/mol. The van der Waals surface area contributed by atoms with Gasteiger partial charge in [0.1, 0.15) is 5.41 Å². The number of benzene rings is 2. The van der Waals surface area contributed by atoms with Crippen LogP contribution in [0, 0.1) is 11.3 Å². The van der Waals surface area contributed by atoms with Gasteiger partial charge >= 0.3 is 0 Å². The summed E-state index contributed by atoms with van der Waals surface area (Å²) in [6, 6.07) is 20.5. The Hall–Kier alpha value is -1.80. The molecule has 2 nitrogen and oxygen atoms in total. The minimum absolute atomic E-state index is 0. The third-order valence-electron chi connectivity index (χ3n) is 4.03. The van der Waals surface area contributed by atoms with Crippen molar-refractivity contribution in [3.8, 4) is 0 Å². The molecule has 3 heteroatoms. The molecule has 1 N–H and O–H groups in total. The summed E-state index contributed by atoms with van der Waals surface area (Å²) in [6.45, 7) is 2.75. The average molecular weight is 288 g/mol.